The van der Waals surface area contributed by atoms with Gasteiger partial charge in [-0.25, -0.2) is 9.59 Å². The van der Waals surface area contributed by atoms with E-state index in [0.29, 0.717) is 11.8 Å². The number of carbonyl (C=O) groups is 2. The first-order valence-electron chi connectivity index (χ1n) is 7.30. The van der Waals surface area contributed by atoms with Crippen LogP contribution in [0.4, 0.5) is 0 Å². The molecule has 4 heteroatoms. The zero-order valence-electron chi connectivity index (χ0n) is 13.5. The Balaban J connectivity index is 4.08. The smallest absolute Gasteiger partial charge is 0.331 e. The maximum Gasteiger partial charge on any atom is 0.331 e. The predicted octanol–water partition coefficient (Wildman–Crippen LogP) is 3.50. The Morgan fingerprint density at radius 3 is 1.30 bits per heavy atom. The standard InChI is InChI=1S/C16H28O4/c1-11(2)9-13(5)19-15(17)7-8-16(18)20-14(6)10-12(3)4/h7-8,11-14H,9-10H2,1-6H3/b8-7-/t13-,14-/m0/s1. The monoisotopic (exact) mass is 284 g/mol. The fourth-order valence-corrected chi connectivity index (χ4v) is 2.04. The molecule has 2 atom stereocenters. The Morgan fingerprint density at radius 2 is 1.05 bits per heavy atom. The molecule has 0 amide bonds. The molecule has 0 saturated heterocycles. The van der Waals surface area contributed by atoms with Crippen molar-refractivity contribution in [3.05, 3.63) is 12.2 Å². The minimum atomic E-state index is -0.508. The van der Waals surface area contributed by atoms with E-state index in [4.69, 9.17) is 9.47 Å². The summed E-state index contributed by atoms with van der Waals surface area (Å²) in [4.78, 5) is 23.0. The molecule has 0 spiro atoms. The quantitative estimate of drug-likeness (QED) is 0.505. The Kier molecular flexibility index (Phi) is 8.93. The number of rotatable bonds is 8. The molecule has 0 aromatic rings. The van der Waals surface area contributed by atoms with Crippen LogP contribution in [0.15, 0.2) is 12.2 Å². The number of esters is 2. The van der Waals surface area contributed by atoms with E-state index in [1.165, 1.54) is 0 Å². The molecule has 0 aromatic carbocycles. The van der Waals surface area contributed by atoms with Crippen molar-refractivity contribution in [2.45, 2.75) is 66.6 Å². The van der Waals surface area contributed by atoms with E-state index in [-0.39, 0.29) is 12.2 Å². The van der Waals surface area contributed by atoms with Gasteiger partial charge in [-0.1, -0.05) is 27.7 Å². The molecule has 0 N–H and O–H groups in total. The highest BCUT2D eigenvalue weighted by Crippen LogP contribution is 2.09. The van der Waals surface area contributed by atoms with E-state index in [9.17, 15) is 9.59 Å². The average Bonchev–Trinajstić information content (AvgIpc) is 2.23. The van der Waals surface area contributed by atoms with E-state index >= 15 is 0 Å². The van der Waals surface area contributed by atoms with Crippen LogP contribution in [0.2, 0.25) is 0 Å². The summed E-state index contributed by atoms with van der Waals surface area (Å²) in [5.74, 6) is -0.0921. The summed E-state index contributed by atoms with van der Waals surface area (Å²) in [6.07, 6.45) is 3.55. The van der Waals surface area contributed by atoms with Gasteiger partial charge in [-0.2, -0.15) is 0 Å². The van der Waals surface area contributed by atoms with E-state index in [1.807, 2.05) is 13.8 Å². The van der Waals surface area contributed by atoms with Gasteiger partial charge in [0.2, 0.25) is 0 Å². The van der Waals surface area contributed by atoms with Crippen molar-refractivity contribution in [2.75, 3.05) is 0 Å². The fourth-order valence-electron chi connectivity index (χ4n) is 2.04. The third-order valence-electron chi connectivity index (χ3n) is 2.60. The molecule has 20 heavy (non-hydrogen) atoms. The second-order valence-electron chi connectivity index (χ2n) is 6.09. The molecule has 0 saturated carbocycles. The van der Waals surface area contributed by atoms with Gasteiger partial charge in [0.25, 0.3) is 0 Å². The minimum Gasteiger partial charge on any atom is -0.460 e. The maximum atomic E-state index is 11.5. The summed E-state index contributed by atoms with van der Waals surface area (Å²) in [6.45, 7) is 11.9. The molecule has 0 aliphatic carbocycles. The summed E-state index contributed by atoms with van der Waals surface area (Å²) in [6, 6.07) is 0. The highest BCUT2D eigenvalue weighted by atomic mass is 16.5. The summed E-state index contributed by atoms with van der Waals surface area (Å²) in [5.41, 5.74) is 0. The largest absolute Gasteiger partial charge is 0.460 e. The van der Waals surface area contributed by atoms with Crippen LogP contribution in [0.3, 0.4) is 0 Å². The van der Waals surface area contributed by atoms with Gasteiger partial charge < -0.3 is 9.47 Å². The van der Waals surface area contributed by atoms with Gasteiger partial charge in [-0.3, -0.25) is 0 Å². The lowest BCUT2D eigenvalue weighted by Crippen LogP contribution is -2.17. The highest BCUT2D eigenvalue weighted by Gasteiger charge is 2.11. The molecule has 4 nitrogen and oxygen atoms in total. The lowest BCUT2D eigenvalue weighted by atomic mass is 10.1. The lowest BCUT2D eigenvalue weighted by Gasteiger charge is -2.14. The number of ether oxygens (including phenoxy) is 2. The second kappa shape index (κ2) is 9.56. The van der Waals surface area contributed by atoms with E-state index in [1.54, 1.807) is 0 Å². The molecular formula is C16H28O4. The van der Waals surface area contributed by atoms with Crippen LogP contribution in [0.25, 0.3) is 0 Å². The summed E-state index contributed by atoms with van der Waals surface area (Å²) >= 11 is 0. The molecular weight excluding hydrogens is 256 g/mol. The zero-order chi connectivity index (χ0) is 15.7. The van der Waals surface area contributed by atoms with Crippen LogP contribution in [0.1, 0.15) is 54.4 Å². The van der Waals surface area contributed by atoms with Crippen LogP contribution in [-0.2, 0) is 19.1 Å². The van der Waals surface area contributed by atoms with Crippen molar-refractivity contribution in [3.63, 3.8) is 0 Å². The van der Waals surface area contributed by atoms with Gasteiger partial charge in [0, 0.05) is 12.2 Å². The molecule has 0 aliphatic rings. The lowest BCUT2D eigenvalue weighted by molar-refractivity contribution is -0.145. The van der Waals surface area contributed by atoms with Gasteiger partial charge in [-0.05, 0) is 38.5 Å². The minimum absolute atomic E-state index is 0.150. The first-order valence-corrected chi connectivity index (χ1v) is 7.30. The predicted molar refractivity (Wildman–Crippen MR) is 79.2 cm³/mol. The van der Waals surface area contributed by atoms with Crippen LogP contribution >= 0.6 is 0 Å². The molecule has 0 aliphatic heterocycles. The first kappa shape index (κ1) is 18.7. The number of hydrogen-bond donors (Lipinski definition) is 0. The maximum absolute atomic E-state index is 11.5. The summed E-state index contributed by atoms with van der Waals surface area (Å²) in [5, 5.41) is 0. The zero-order valence-corrected chi connectivity index (χ0v) is 13.5. The Labute approximate surface area is 122 Å². The molecule has 0 rings (SSSR count). The summed E-state index contributed by atoms with van der Waals surface area (Å²) in [7, 11) is 0. The normalized spacial score (nSPS) is 14.6. The van der Waals surface area contributed by atoms with E-state index in [2.05, 4.69) is 27.7 Å². The van der Waals surface area contributed by atoms with Crippen molar-refractivity contribution < 1.29 is 19.1 Å². The van der Waals surface area contributed by atoms with Gasteiger partial charge in [0.1, 0.15) is 0 Å². The fraction of sp³-hybridized carbons (Fsp3) is 0.750. The van der Waals surface area contributed by atoms with Crippen LogP contribution < -0.4 is 0 Å². The van der Waals surface area contributed by atoms with Crippen LogP contribution in [0, 0.1) is 11.8 Å². The van der Waals surface area contributed by atoms with Gasteiger partial charge in [0.15, 0.2) is 0 Å². The van der Waals surface area contributed by atoms with Gasteiger partial charge in [0.05, 0.1) is 12.2 Å². The molecule has 0 bridgehead atoms. The SMILES string of the molecule is CC(C)C[C@H](C)OC(=O)/C=C\C(=O)O[C@@H](C)CC(C)C. The topological polar surface area (TPSA) is 52.6 Å². The molecule has 0 heterocycles. The van der Waals surface area contributed by atoms with Crippen molar-refractivity contribution in [1.29, 1.82) is 0 Å². The first-order chi connectivity index (χ1) is 9.20. The van der Waals surface area contributed by atoms with Crippen LogP contribution in [0.5, 0.6) is 0 Å². The van der Waals surface area contributed by atoms with E-state index in [0.717, 1.165) is 25.0 Å². The van der Waals surface area contributed by atoms with Crippen molar-refractivity contribution in [2.24, 2.45) is 11.8 Å². The third-order valence-corrected chi connectivity index (χ3v) is 2.60. The molecule has 0 aromatic heterocycles. The Morgan fingerprint density at radius 1 is 0.750 bits per heavy atom. The van der Waals surface area contributed by atoms with Gasteiger partial charge in [-0.15, -0.1) is 0 Å². The second-order valence-corrected chi connectivity index (χ2v) is 6.09. The average molecular weight is 284 g/mol. The van der Waals surface area contributed by atoms with Crippen molar-refractivity contribution in [3.8, 4) is 0 Å². The van der Waals surface area contributed by atoms with E-state index < -0.39 is 11.9 Å². The molecule has 0 fully saturated rings. The molecule has 0 unspecified atom stereocenters. The van der Waals surface area contributed by atoms with Gasteiger partial charge >= 0.3 is 11.9 Å². The van der Waals surface area contributed by atoms with Crippen molar-refractivity contribution >= 4 is 11.9 Å². The number of hydrogen-bond acceptors (Lipinski definition) is 4. The Bertz CT molecular complexity index is 299. The Hall–Kier alpha value is -1.32. The highest BCUT2D eigenvalue weighted by molar-refractivity contribution is 5.91. The summed E-state index contributed by atoms with van der Waals surface area (Å²) < 4.78 is 10.3. The third kappa shape index (κ3) is 10.6. The van der Waals surface area contributed by atoms with Crippen molar-refractivity contribution in [1.82, 2.24) is 0 Å². The number of carbonyl (C=O) groups excluding carboxylic acids is 2. The molecule has 116 valence electrons. The van der Waals surface area contributed by atoms with Crippen LogP contribution in [-0.4, -0.2) is 24.1 Å². The molecule has 0 radical (unpaired) electrons.